The molecule has 0 radical (unpaired) electrons. The lowest BCUT2D eigenvalue weighted by Crippen LogP contribution is -2.30. The third-order valence-corrected chi connectivity index (χ3v) is 6.57. The van der Waals surface area contributed by atoms with Gasteiger partial charge in [-0.05, 0) is 48.7 Å². The van der Waals surface area contributed by atoms with Crippen molar-refractivity contribution < 1.29 is 13.9 Å². The van der Waals surface area contributed by atoms with Gasteiger partial charge in [0.05, 0.1) is 29.3 Å². The van der Waals surface area contributed by atoms with Gasteiger partial charge in [0.1, 0.15) is 5.82 Å². The van der Waals surface area contributed by atoms with Gasteiger partial charge < -0.3 is 9.64 Å². The van der Waals surface area contributed by atoms with Crippen LogP contribution >= 0.6 is 23.4 Å². The molecule has 1 aliphatic rings. The van der Waals surface area contributed by atoms with Crippen LogP contribution in [0.1, 0.15) is 18.4 Å². The van der Waals surface area contributed by atoms with Crippen LogP contribution in [0.5, 0.6) is 0 Å². The number of carbonyl (C=O) groups is 1. The van der Waals surface area contributed by atoms with Crippen LogP contribution in [0.4, 0.5) is 4.39 Å². The van der Waals surface area contributed by atoms with Crippen LogP contribution < -0.4 is 5.56 Å². The molecule has 0 bridgehead atoms. The molecule has 3 aromatic rings. The maximum absolute atomic E-state index is 13.2. The lowest BCUT2D eigenvalue weighted by atomic mass is 10.2. The van der Waals surface area contributed by atoms with E-state index in [2.05, 4.69) is 4.98 Å². The predicted molar refractivity (Wildman–Crippen MR) is 124 cm³/mol. The van der Waals surface area contributed by atoms with Gasteiger partial charge in [-0.2, -0.15) is 0 Å². The number of rotatable bonds is 7. The number of ether oxygens (including phenoxy) is 1. The van der Waals surface area contributed by atoms with Crippen LogP contribution in [-0.4, -0.2) is 45.9 Å². The number of hydrogen-bond donors (Lipinski definition) is 0. The van der Waals surface area contributed by atoms with Crippen molar-refractivity contribution in [3.05, 3.63) is 69.2 Å². The first-order valence-electron chi connectivity index (χ1n) is 10.3. The summed E-state index contributed by atoms with van der Waals surface area (Å²) in [5, 5.41) is 1.44. The zero-order chi connectivity index (χ0) is 22.7. The normalized spacial score (nSPS) is 15.9. The maximum Gasteiger partial charge on any atom is 0.262 e. The Labute approximate surface area is 194 Å². The molecule has 1 aliphatic heterocycles. The van der Waals surface area contributed by atoms with Crippen molar-refractivity contribution in [1.82, 2.24) is 14.5 Å². The molecule has 9 heteroatoms. The summed E-state index contributed by atoms with van der Waals surface area (Å²) in [5.41, 5.74) is 1.17. The van der Waals surface area contributed by atoms with Crippen LogP contribution in [0, 0.1) is 5.82 Å². The molecule has 1 unspecified atom stereocenters. The molecular formula is C23H23ClFN3O3S. The SMILES string of the molecule is CN(Cc1ccc(F)cc1)C(=O)CSc1nc2cc(Cl)ccc2c(=O)n1CC1CCCO1. The minimum Gasteiger partial charge on any atom is -0.376 e. The molecule has 4 rings (SSSR count). The summed E-state index contributed by atoms with van der Waals surface area (Å²) in [6.07, 6.45) is 1.80. The number of aromatic nitrogens is 2. The maximum atomic E-state index is 13.2. The summed E-state index contributed by atoms with van der Waals surface area (Å²) in [7, 11) is 1.69. The van der Waals surface area contributed by atoms with Crippen LogP contribution in [0.25, 0.3) is 10.9 Å². The smallest absolute Gasteiger partial charge is 0.262 e. The van der Waals surface area contributed by atoms with E-state index in [-0.39, 0.29) is 29.1 Å². The van der Waals surface area contributed by atoms with E-state index in [1.165, 1.54) is 23.9 Å². The fraction of sp³-hybridized carbons (Fsp3) is 0.348. The van der Waals surface area contributed by atoms with Gasteiger partial charge in [0.25, 0.3) is 5.56 Å². The number of nitrogens with zero attached hydrogens (tertiary/aromatic N) is 3. The Bertz CT molecular complexity index is 1180. The Kier molecular flexibility index (Phi) is 7.13. The quantitative estimate of drug-likeness (QED) is 0.380. The van der Waals surface area contributed by atoms with Gasteiger partial charge in [0, 0.05) is 25.2 Å². The minimum absolute atomic E-state index is 0.0459. The van der Waals surface area contributed by atoms with E-state index in [4.69, 9.17) is 16.3 Å². The van der Waals surface area contributed by atoms with Crippen molar-refractivity contribution in [2.75, 3.05) is 19.4 Å². The molecular weight excluding hydrogens is 453 g/mol. The number of hydrogen-bond acceptors (Lipinski definition) is 5. The van der Waals surface area contributed by atoms with E-state index in [0.717, 1.165) is 18.4 Å². The standard InChI is InChI=1S/C23H23ClFN3O3S/c1-27(12-15-4-7-17(25)8-5-15)21(29)14-32-23-26-20-11-16(24)6-9-19(20)22(30)28(23)13-18-3-2-10-31-18/h4-9,11,18H,2-3,10,12-14H2,1H3. The molecule has 168 valence electrons. The van der Waals surface area contributed by atoms with Crippen LogP contribution in [-0.2, 0) is 22.6 Å². The highest BCUT2D eigenvalue weighted by molar-refractivity contribution is 7.99. The van der Waals surface area contributed by atoms with E-state index < -0.39 is 0 Å². The van der Waals surface area contributed by atoms with Crippen LogP contribution in [0.2, 0.25) is 5.02 Å². The van der Waals surface area contributed by atoms with Gasteiger partial charge in [-0.15, -0.1) is 0 Å². The zero-order valence-electron chi connectivity index (χ0n) is 17.6. The van der Waals surface area contributed by atoms with Gasteiger partial charge >= 0.3 is 0 Å². The molecule has 32 heavy (non-hydrogen) atoms. The summed E-state index contributed by atoms with van der Waals surface area (Å²) >= 11 is 7.31. The molecule has 0 saturated carbocycles. The summed E-state index contributed by atoms with van der Waals surface area (Å²) in [4.78, 5) is 32.1. The van der Waals surface area contributed by atoms with Crippen molar-refractivity contribution in [2.45, 2.75) is 37.2 Å². The predicted octanol–water partition coefficient (Wildman–Crippen LogP) is 4.12. The van der Waals surface area contributed by atoms with Crippen molar-refractivity contribution in [3.63, 3.8) is 0 Å². The molecule has 0 N–H and O–H groups in total. The highest BCUT2D eigenvalue weighted by atomic mass is 35.5. The van der Waals surface area contributed by atoms with E-state index in [0.29, 0.717) is 40.8 Å². The van der Waals surface area contributed by atoms with Gasteiger partial charge in [0.15, 0.2) is 5.16 Å². The molecule has 1 aromatic heterocycles. The van der Waals surface area contributed by atoms with Gasteiger partial charge in [-0.25, -0.2) is 9.37 Å². The van der Waals surface area contributed by atoms with E-state index in [1.807, 2.05) is 0 Å². The second-order valence-corrected chi connectivity index (χ2v) is 9.15. The molecule has 0 aliphatic carbocycles. The highest BCUT2D eigenvalue weighted by Crippen LogP contribution is 2.23. The summed E-state index contributed by atoms with van der Waals surface area (Å²) in [5.74, 6) is -0.324. The number of halogens is 2. The largest absolute Gasteiger partial charge is 0.376 e. The van der Waals surface area contributed by atoms with Crippen LogP contribution in [0.15, 0.2) is 52.4 Å². The van der Waals surface area contributed by atoms with E-state index in [9.17, 15) is 14.0 Å². The van der Waals surface area contributed by atoms with Crippen molar-refractivity contribution in [3.8, 4) is 0 Å². The third kappa shape index (κ3) is 5.31. The zero-order valence-corrected chi connectivity index (χ0v) is 19.2. The Morgan fingerprint density at radius 3 is 2.81 bits per heavy atom. The van der Waals surface area contributed by atoms with Gasteiger partial charge in [0.2, 0.25) is 5.91 Å². The first kappa shape index (κ1) is 22.8. The first-order chi connectivity index (χ1) is 15.4. The fourth-order valence-electron chi connectivity index (χ4n) is 3.63. The average molecular weight is 476 g/mol. The Morgan fingerprint density at radius 1 is 1.31 bits per heavy atom. The molecule has 2 aromatic carbocycles. The Balaban J connectivity index is 1.54. The average Bonchev–Trinajstić information content (AvgIpc) is 3.29. The van der Waals surface area contributed by atoms with E-state index in [1.54, 1.807) is 46.8 Å². The molecule has 0 spiro atoms. The summed E-state index contributed by atoms with van der Waals surface area (Å²) < 4.78 is 20.4. The first-order valence-corrected chi connectivity index (χ1v) is 11.7. The van der Waals surface area contributed by atoms with Crippen LogP contribution in [0.3, 0.4) is 0 Å². The second-order valence-electron chi connectivity index (χ2n) is 7.77. The molecule has 1 amide bonds. The minimum atomic E-state index is -0.315. The monoisotopic (exact) mass is 475 g/mol. The number of benzene rings is 2. The number of thioether (sulfide) groups is 1. The number of amides is 1. The Morgan fingerprint density at radius 2 is 2.09 bits per heavy atom. The number of fused-ring (bicyclic) bond motifs is 1. The molecule has 2 heterocycles. The molecule has 1 atom stereocenters. The highest BCUT2D eigenvalue weighted by Gasteiger charge is 2.21. The third-order valence-electron chi connectivity index (χ3n) is 5.38. The summed E-state index contributed by atoms with van der Waals surface area (Å²) in [6, 6.07) is 11.0. The molecule has 1 saturated heterocycles. The molecule has 6 nitrogen and oxygen atoms in total. The molecule has 1 fully saturated rings. The fourth-order valence-corrected chi connectivity index (χ4v) is 4.74. The Hall–Kier alpha value is -2.42. The van der Waals surface area contributed by atoms with Crippen molar-refractivity contribution in [2.24, 2.45) is 0 Å². The number of carbonyl (C=O) groups excluding carboxylic acids is 1. The van der Waals surface area contributed by atoms with Gasteiger partial charge in [-0.3, -0.25) is 14.2 Å². The van der Waals surface area contributed by atoms with Gasteiger partial charge in [-0.1, -0.05) is 35.5 Å². The topological polar surface area (TPSA) is 64.4 Å². The summed E-state index contributed by atoms with van der Waals surface area (Å²) in [6.45, 7) is 1.45. The van der Waals surface area contributed by atoms with Crippen molar-refractivity contribution >= 4 is 40.2 Å². The van der Waals surface area contributed by atoms with Crippen molar-refractivity contribution in [1.29, 1.82) is 0 Å². The second kappa shape index (κ2) is 10.0. The van der Waals surface area contributed by atoms with E-state index >= 15 is 0 Å². The lowest BCUT2D eigenvalue weighted by molar-refractivity contribution is -0.127. The lowest BCUT2D eigenvalue weighted by Gasteiger charge is -2.19.